The van der Waals surface area contributed by atoms with Gasteiger partial charge < -0.3 is 10.2 Å². The van der Waals surface area contributed by atoms with Crippen LogP contribution >= 0.6 is 0 Å². The molecule has 0 atom stereocenters. The maximum atomic E-state index is 4.37. The number of pyridine rings is 1. The van der Waals surface area contributed by atoms with Gasteiger partial charge in [-0.2, -0.15) is 0 Å². The molecule has 3 heteroatoms. The maximum Gasteiger partial charge on any atom is 0.0642 e. The van der Waals surface area contributed by atoms with Crippen molar-refractivity contribution in [1.29, 1.82) is 0 Å². The van der Waals surface area contributed by atoms with Crippen molar-refractivity contribution < 1.29 is 0 Å². The topological polar surface area (TPSA) is 28.2 Å². The molecule has 0 saturated heterocycles. The number of anilines is 2. The number of hydrogen-bond donors (Lipinski definition) is 1. The van der Waals surface area contributed by atoms with Gasteiger partial charge in [-0.25, -0.2) is 0 Å². The number of aromatic nitrogens is 1. The van der Waals surface area contributed by atoms with Crippen molar-refractivity contribution in [2.24, 2.45) is 0 Å². The van der Waals surface area contributed by atoms with Gasteiger partial charge in [0.2, 0.25) is 0 Å². The van der Waals surface area contributed by atoms with Crippen LogP contribution in [-0.2, 0) is 13.0 Å². The van der Waals surface area contributed by atoms with Gasteiger partial charge in [-0.15, -0.1) is 0 Å². The van der Waals surface area contributed by atoms with Crippen molar-refractivity contribution in [3.63, 3.8) is 0 Å². The van der Waals surface area contributed by atoms with E-state index < -0.39 is 0 Å². The highest BCUT2D eigenvalue weighted by atomic mass is 15.2. The first kappa shape index (κ1) is 12.8. The highest BCUT2D eigenvalue weighted by Gasteiger charge is 2.23. The fourth-order valence-corrected chi connectivity index (χ4v) is 3.13. The van der Waals surface area contributed by atoms with Crippen LogP contribution in [0.4, 0.5) is 11.4 Å². The number of fused-ring (bicyclic) bond motifs is 1. The van der Waals surface area contributed by atoms with Crippen LogP contribution in [0.15, 0.2) is 42.7 Å². The van der Waals surface area contributed by atoms with Gasteiger partial charge in [0.15, 0.2) is 0 Å². The van der Waals surface area contributed by atoms with E-state index in [1.807, 2.05) is 12.4 Å². The van der Waals surface area contributed by atoms with Crippen molar-refractivity contribution in [3.05, 3.63) is 53.9 Å². The second-order valence-electron chi connectivity index (χ2n) is 6.04. The molecule has 4 rings (SSSR count). The SMILES string of the molecule is c1ccc2c(c1)CCCN2c1cnccc1CNC1CC1. The normalized spacial score (nSPS) is 17.6. The molecular formula is C18H21N3. The van der Waals surface area contributed by atoms with Gasteiger partial charge in [0, 0.05) is 31.0 Å². The largest absolute Gasteiger partial charge is 0.340 e. The Kier molecular flexibility index (Phi) is 3.36. The minimum absolute atomic E-state index is 0.736. The van der Waals surface area contributed by atoms with Crippen molar-refractivity contribution in [1.82, 2.24) is 10.3 Å². The zero-order valence-corrected chi connectivity index (χ0v) is 12.3. The Balaban J connectivity index is 1.66. The first-order valence-electron chi connectivity index (χ1n) is 7.93. The predicted molar refractivity (Wildman–Crippen MR) is 85.9 cm³/mol. The summed E-state index contributed by atoms with van der Waals surface area (Å²) in [5.41, 5.74) is 5.42. The molecule has 0 radical (unpaired) electrons. The molecule has 0 amide bonds. The van der Waals surface area contributed by atoms with Crippen molar-refractivity contribution in [2.45, 2.75) is 38.3 Å². The van der Waals surface area contributed by atoms with Gasteiger partial charge in [0.05, 0.1) is 11.9 Å². The van der Waals surface area contributed by atoms with Gasteiger partial charge in [-0.1, -0.05) is 18.2 Å². The van der Waals surface area contributed by atoms with Gasteiger partial charge >= 0.3 is 0 Å². The molecule has 0 bridgehead atoms. The van der Waals surface area contributed by atoms with E-state index in [0.717, 1.165) is 19.1 Å². The van der Waals surface area contributed by atoms with Gasteiger partial charge in [-0.05, 0) is 48.9 Å². The Hall–Kier alpha value is -1.87. The number of hydrogen-bond acceptors (Lipinski definition) is 3. The predicted octanol–water partition coefficient (Wildman–Crippen LogP) is 3.42. The number of nitrogens with zero attached hydrogens (tertiary/aromatic N) is 2. The lowest BCUT2D eigenvalue weighted by Gasteiger charge is -2.32. The Morgan fingerprint density at radius 1 is 1.14 bits per heavy atom. The van der Waals surface area contributed by atoms with E-state index in [1.165, 1.54) is 48.2 Å². The summed E-state index contributed by atoms with van der Waals surface area (Å²) in [6.45, 7) is 2.03. The van der Waals surface area contributed by atoms with E-state index in [4.69, 9.17) is 0 Å². The number of benzene rings is 1. The zero-order chi connectivity index (χ0) is 14.1. The molecular weight excluding hydrogens is 258 g/mol. The van der Waals surface area contributed by atoms with Crippen LogP contribution in [0.25, 0.3) is 0 Å². The number of nitrogens with one attached hydrogen (secondary N) is 1. The van der Waals surface area contributed by atoms with Crippen LogP contribution in [0.2, 0.25) is 0 Å². The molecule has 1 aliphatic carbocycles. The average molecular weight is 279 g/mol. The van der Waals surface area contributed by atoms with Crippen molar-refractivity contribution in [3.8, 4) is 0 Å². The summed E-state index contributed by atoms with van der Waals surface area (Å²) in [5, 5.41) is 3.62. The summed E-state index contributed by atoms with van der Waals surface area (Å²) in [6, 6.07) is 11.7. The Morgan fingerprint density at radius 3 is 2.95 bits per heavy atom. The van der Waals surface area contributed by atoms with Gasteiger partial charge in [0.25, 0.3) is 0 Å². The van der Waals surface area contributed by atoms with Crippen molar-refractivity contribution >= 4 is 11.4 Å². The summed E-state index contributed by atoms with van der Waals surface area (Å²) in [6.07, 6.45) is 8.97. The van der Waals surface area contributed by atoms with Crippen LogP contribution < -0.4 is 10.2 Å². The average Bonchev–Trinajstić information content (AvgIpc) is 3.37. The number of rotatable bonds is 4. The molecule has 2 aliphatic rings. The summed E-state index contributed by atoms with van der Waals surface area (Å²) < 4.78 is 0. The van der Waals surface area contributed by atoms with Crippen LogP contribution in [0.3, 0.4) is 0 Å². The Bertz CT molecular complexity index is 634. The summed E-state index contributed by atoms with van der Waals surface area (Å²) >= 11 is 0. The molecule has 21 heavy (non-hydrogen) atoms. The van der Waals surface area contributed by atoms with Crippen LogP contribution in [-0.4, -0.2) is 17.6 Å². The third kappa shape index (κ3) is 2.66. The minimum atomic E-state index is 0.736. The van der Waals surface area contributed by atoms with E-state index in [1.54, 1.807) is 0 Å². The first-order valence-corrected chi connectivity index (χ1v) is 7.93. The van der Waals surface area contributed by atoms with E-state index in [-0.39, 0.29) is 0 Å². The molecule has 1 saturated carbocycles. The van der Waals surface area contributed by atoms with E-state index >= 15 is 0 Å². The highest BCUT2D eigenvalue weighted by Crippen LogP contribution is 2.34. The third-order valence-electron chi connectivity index (χ3n) is 4.45. The standard InChI is InChI=1S/C18H21N3/c1-2-6-17-14(4-1)5-3-11-21(17)18-13-19-10-9-15(18)12-20-16-7-8-16/h1-2,4,6,9-10,13,16,20H,3,5,7-8,11-12H2. The van der Waals surface area contributed by atoms with E-state index in [0.29, 0.717) is 0 Å². The summed E-state index contributed by atoms with van der Waals surface area (Å²) in [5.74, 6) is 0. The highest BCUT2D eigenvalue weighted by molar-refractivity contribution is 5.69. The second kappa shape index (κ2) is 5.49. The molecule has 3 nitrogen and oxygen atoms in total. The van der Waals surface area contributed by atoms with Crippen LogP contribution in [0, 0.1) is 0 Å². The Morgan fingerprint density at radius 2 is 2.05 bits per heavy atom. The molecule has 1 aliphatic heterocycles. The molecule has 1 N–H and O–H groups in total. The molecule has 2 aromatic rings. The number of para-hydroxylation sites is 1. The smallest absolute Gasteiger partial charge is 0.0642 e. The fraction of sp³-hybridized carbons (Fsp3) is 0.389. The second-order valence-corrected chi connectivity index (χ2v) is 6.04. The minimum Gasteiger partial charge on any atom is -0.340 e. The molecule has 2 heterocycles. The molecule has 1 fully saturated rings. The van der Waals surface area contributed by atoms with Crippen molar-refractivity contribution in [2.75, 3.05) is 11.4 Å². The van der Waals surface area contributed by atoms with E-state index in [2.05, 4.69) is 45.5 Å². The van der Waals surface area contributed by atoms with Crippen LogP contribution in [0.1, 0.15) is 30.4 Å². The lowest BCUT2D eigenvalue weighted by Crippen LogP contribution is -2.26. The third-order valence-corrected chi connectivity index (χ3v) is 4.45. The molecule has 1 aromatic carbocycles. The molecule has 0 spiro atoms. The van der Waals surface area contributed by atoms with Gasteiger partial charge in [0.1, 0.15) is 0 Å². The first-order chi connectivity index (χ1) is 10.4. The molecule has 108 valence electrons. The zero-order valence-electron chi connectivity index (χ0n) is 12.3. The molecule has 0 unspecified atom stereocenters. The Labute approximate surface area is 126 Å². The van der Waals surface area contributed by atoms with E-state index in [9.17, 15) is 0 Å². The summed E-state index contributed by atoms with van der Waals surface area (Å²) in [4.78, 5) is 6.81. The fourth-order valence-electron chi connectivity index (χ4n) is 3.13. The lowest BCUT2D eigenvalue weighted by molar-refractivity contribution is 0.682. The maximum absolute atomic E-state index is 4.37. The number of aryl methyl sites for hydroxylation is 1. The lowest BCUT2D eigenvalue weighted by atomic mass is 10.0. The van der Waals surface area contributed by atoms with Gasteiger partial charge in [-0.3, -0.25) is 4.98 Å². The summed E-state index contributed by atoms with van der Waals surface area (Å²) in [7, 11) is 0. The quantitative estimate of drug-likeness (QED) is 0.929. The van der Waals surface area contributed by atoms with Crippen LogP contribution in [0.5, 0.6) is 0 Å². The monoisotopic (exact) mass is 279 g/mol. The molecule has 1 aromatic heterocycles.